The summed E-state index contributed by atoms with van der Waals surface area (Å²) in [5.74, 6) is -0.378. The van der Waals surface area contributed by atoms with Crippen LogP contribution in [0.4, 0.5) is 0 Å². The molecule has 17 heavy (non-hydrogen) atoms. The van der Waals surface area contributed by atoms with E-state index in [1.807, 2.05) is 6.92 Å². The average Bonchev–Trinajstić information content (AvgIpc) is 2.29. The molecule has 4 heteroatoms. The van der Waals surface area contributed by atoms with Crippen LogP contribution in [0.15, 0.2) is 24.3 Å². The largest absolute Gasteiger partial charge is 0.463 e. The van der Waals surface area contributed by atoms with Gasteiger partial charge in [-0.3, -0.25) is 0 Å². The summed E-state index contributed by atoms with van der Waals surface area (Å²) in [7, 11) is 3.14. The number of carbonyl (C=O) groups is 1. The highest BCUT2D eigenvalue weighted by atomic mass is 16.7. The zero-order valence-electron chi connectivity index (χ0n) is 11.1. The highest BCUT2D eigenvalue weighted by Gasteiger charge is 2.22. The number of carbonyl (C=O) groups excluding carboxylic acids is 1. The molecule has 0 aromatic carbocycles. The third-order valence-electron chi connectivity index (χ3n) is 2.43. The molecule has 98 valence electrons. The molecule has 0 unspecified atom stereocenters. The maximum Gasteiger partial charge on any atom is 0.330 e. The number of allylic oxidation sites excluding steroid dienone is 1. The topological polar surface area (TPSA) is 44.8 Å². The van der Waals surface area contributed by atoms with E-state index in [4.69, 9.17) is 14.2 Å². The fourth-order valence-corrected chi connectivity index (χ4v) is 1.59. The van der Waals surface area contributed by atoms with Crippen molar-refractivity contribution < 1.29 is 19.0 Å². The van der Waals surface area contributed by atoms with Gasteiger partial charge in [-0.2, -0.15) is 0 Å². The van der Waals surface area contributed by atoms with Crippen molar-refractivity contribution in [1.29, 1.82) is 0 Å². The number of hydrogen-bond acceptors (Lipinski definition) is 4. The highest BCUT2D eigenvalue weighted by molar-refractivity contribution is 5.82. The van der Waals surface area contributed by atoms with Crippen LogP contribution < -0.4 is 0 Å². The van der Waals surface area contributed by atoms with E-state index in [0.29, 0.717) is 13.0 Å². The van der Waals surface area contributed by atoms with Crippen LogP contribution in [0.2, 0.25) is 0 Å². The summed E-state index contributed by atoms with van der Waals surface area (Å²) in [6.45, 7) is 7.69. The summed E-state index contributed by atoms with van der Waals surface area (Å²) in [6.07, 6.45) is 3.54. The molecule has 0 fully saturated rings. The SMILES string of the molecule is C=CC[C@H](/C(C)=C/C(=O)OCC)C(OC)OC. The minimum absolute atomic E-state index is 0.0353. The van der Waals surface area contributed by atoms with Crippen molar-refractivity contribution in [2.45, 2.75) is 26.6 Å². The molecule has 1 atom stereocenters. The van der Waals surface area contributed by atoms with Crippen molar-refractivity contribution in [1.82, 2.24) is 0 Å². The van der Waals surface area contributed by atoms with Gasteiger partial charge in [0.1, 0.15) is 0 Å². The van der Waals surface area contributed by atoms with E-state index in [1.54, 1.807) is 27.2 Å². The molecule has 0 N–H and O–H groups in total. The Labute approximate surface area is 103 Å². The number of esters is 1. The van der Waals surface area contributed by atoms with E-state index in [2.05, 4.69) is 6.58 Å². The highest BCUT2D eigenvalue weighted by Crippen LogP contribution is 2.22. The second-order valence-corrected chi connectivity index (χ2v) is 3.61. The van der Waals surface area contributed by atoms with Crippen LogP contribution >= 0.6 is 0 Å². The van der Waals surface area contributed by atoms with Gasteiger partial charge in [0.2, 0.25) is 0 Å². The maximum absolute atomic E-state index is 11.4. The molecule has 0 spiro atoms. The van der Waals surface area contributed by atoms with Crippen LogP contribution in [0, 0.1) is 5.92 Å². The Hall–Kier alpha value is -1.13. The maximum atomic E-state index is 11.4. The van der Waals surface area contributed by atoms with Crippen molar-refractivity contribution in [2.24, 2.45) is 5.92 Å². The van der Waals surface area contributed by atoms with E-state index < -0.39 is 6.29 Å². The minimum atomic E-state index is -0.390. The first kappa shape index (κ1) is 15.9. The molecule has 0 aromatic rings. The molecule has 0 saturated heterocycles. The van der Waals surface area contributed by atoms with Gasteiger partial charge in [-0.1, -0.05) is 11.6 Å². The smallest absolute Gasteiger partial charge is 0.330 e. The number of ether oxygens (including phenoxy) is 3. The molecule has 0 rings (SSSR count). The van der Waals surface area contributed by atoms with Crippen molar-refractivity contribution in [3.05, 3.63) is 24.3 Å². The first-order valence-electron chi connectivity index (χ1n) is 5.62. The zero-order chi connectivity index (χ0) is 13.3. The zero-order valence-corrected chi connectivity index (χ0v) is 11.1. The summed E-state index contributed by atoms with van der Waals surface area (Å²) < 4.78 is 15.3. The lowest BCUT2D eigenvalue weighted by Crippen LogP contribution is -2.26. The standard InChI is InChI=1S/C13H22O4/c1-6-8-11(13(15-4)16-5)10(3)9-12(14)17-7-2/h6,9,11,13H,1,7-8H2,2-5H3/b10-9+/t11-/m1/s1. The van der Waals surface area contributed by atoms with E-state index in [-0.39, 0.29) is 11.9 Å². The van der Waals surface area contributed by atoms with E-state index in [0.717, 1.165) is 5.57 Å². The van der Waals surface area contributed by atoms with Gasteiger partial charge in [0.15, 0.2) is 6.29 Å². The van der Waals surface area contributed by atoms with Crippen molar-refractivity contribution in [3.63, 3.8) is 0 Å². The van der Waals surface area contributed by atoms with Gasteiger partial charge in [-0.05, 0) is 20.3 Å². The molecule has 0 aliphatic rings. The monoisotopic (exact) mass is 242 g/mol. The molecule has 0 heterocycles. The first-order chi connectivity index (χ1) is 8.10. The fourth-order valence-electron chi connectivity index (χ4n) is 1.59. The van der Waals surface area contributed by atoms with Crippen molar-refractivity contribution in [2.75, 3.05) is 20.8 Å². The van der Waals surface area contributed by atoms with Gasteiger partial charge in [-0.15, -0.1) is 6.58 Å². The fraction of sp³-hybridized carbons (Fsp3) is 0.615. The van der Waals surface area contributed by atoms with Gasteiger partial charge in [-0.25, -0.2) is 4.79 Å². The lowest BCUT2D eigenvalue weighted by Gasteiger charge is -2.24. The van der Waals surface area contributed by atoms with Gasteiger partial charge in [0, 0.05) is 26.2 Å². The molecule has 0 aliphatic carbocycles. The molecule has 0 saturated carbocycles. The van der Waals surface area contributed by atoms with Crippen LogP contribution in [0.25, 0.3) is 0 Å². The quantitative estimate of drug-likeness (QED) is 0.283. The number of hydrogen-bond donors (Lipinski definition) is 0. The third-order valence-corrected chi connectivity index (χ3v) is 2.43. The predicted octanol–water partition coefficient (Wildman–Crippen LogP) is 2.31. The van der Waals surface area contributed by atoms with E-state index in [1.165, 1.54) is 6.08 Å². The second-order valence-electron chi connectivity index (χ2n) is 3.61. The summed E-state index contributed by atoms with van der Waals surface area (Å²) in [5.41, 5.74) is 0.858. The van der Waals surface area contributed by atoms with Crippen molar-refractivity contribution in [3.8, 4) is 0 Å². The summed E-state index contributed by atoms with van der Waals surface area (Å²) in [6, 6.07) is 0. The van der Waals surface area contributed by atoms with Gasteiger partial charge < -0.3 is 14.2 Å². The van der Waals surface area contributed by atoms with E-state index >= 15 is 0 Å². The molecule has 0 aromatic heterocycles. The van der Waals surface area contributed by atoms with Crippen LogP contribution in [-0.4, -0.2) is 33.1 Å². The van der Waals surface area contributed by atoms with Crippen LogP contribution in [0.3, 0.4) is 0 Å². The average molecular weight is 242 g/mol. The van der Waals surface area contributed by atoms with Crippen LogP contribution in [-0.2, 0) is 19.0 Å². The Bertz CT molecular complexity index is 267. The Morgan fingerprint density at radius 2 is 1.94 bits per heavy atom. The molecule has 4 nitrogen and oxygen atoms in total. The minimum Gasteiger partial charge on any atom is -0.463 e. The summed E-state index contributed by atoms with van der Waals surface area (Å²) >= 11 is 0. The van der Waals surface area contributed by atoms with E-state index in [9.17, 15) is 4.79 Å². The van der Waals surface area contributed by atoms with Crippen LogP contribution in [0.5, 0.6) is 0 Å². The Morgan fingerprint density at radius 3 is 2.35 bits per heavy atom. The molecule has 0 aliphatic heterocycles. The molecule has 0 amide bonds. The number of rotatable bonds is 8. The van der Waals surface area contributed by atoms with Gasteiger partial charge in [0.25, 0.3) is 0 Å². The summed E-state index contributed by atoms with van der Waals surface area (Å²) in [5, 5.41) is 0. The summed E-state index contributed by atoms with van der Waals surface area (Å²) in [4.78, 5) is 11.4. The van der Waals surface area contributed by atoms with Crippen LogP contribution in [0.1, 0.15) is 20.3 Å². The molecular formula is C13H22O4. The lowest BCUT2D eigenvalue weighted by atomic mass is 9.95. The molecule has 0 radical (unpaired) electrons. The first-order valence-corrected chi connectivity index (χ1v) is 5.62. The Kier molecular flexibility index (Phi) is 8.36. The third kappa shape index (κ3) is 5.65. The van der Waals surface area contributed by atoms with Gasteiger partial charge in [0.05, 0.1) is 6.61 Å². The lowest BCUT2D eigenvalue weighted by molar-refractivity contribution is -0.137. The van der Waals surface area contributed by atoms with Gasteiger partial charge >= 0.3 is 5.97 Å². The number of methoxy groups -OCH3 is 2. The van der Waals surface area contributed by atoms with Crippen molar-refractivity contribution >= 4 is 5.97 Å². The normalized spacial score (nSPS) is 13.6. The predicted molar refractivity (Wildman–Crippen MR) is 66.5 cm³/mol. The Balaban J connectivity index is 4.78. The molecule has 0 bridgehead atoms. The molecular weight excluding hydrogens is 220 g/mol. The second kappa shape index (κ2) is 8.96. The Morgan fingerprint density at radius 1 is 1.35 bits per heavy atom.